The van der Waals surface area contributed by atoms with Gasteiger partial charge >= 0.3 is 0 Å². The molecule has 0 aliphatic carbocycles. The molecule has 2 N–H and O–H groups in total. The molecule has 1 radical (unpaired) electrons. The van der Waals surface area contributed by atoms with Crippen LogP contribution in [0.2, 0.25) is 0 Å². The minimum absolute atomic E-state index is 0. The molecule has 15 heavy (non-hydrogen) atoms. The molecule has 0 saturated carbocycles. The number of hydrogen-bond acceptors (Lipinski definition) is 4. The summed E-state index contributed by atoms with van der Waals surface area (Å²) in [4.78, 5) is 20.2. The van der Waals surface area contributed by atoms with Gasteiger partial charge in [-0.25, -0.2) is 0 Å². The maximum atomic E-state index is 10.1. The average Bonchev–Trinajstić information content (AvgIpc) is 1.79. The summed E-state index contributed by atoms with van der Waals surface area (Å²) in [5, 5.41) is 17.0. The van der Waals surface area contributed by atoms with E-state index in [-0.39, 0.29) is 41.2 Å². The number of ketones is 2. The first-order valence-corrected chi connectivity index (χ1v) is 4.60. The summed E-state index contributed by atoms with van der Waals surface area (Å²) >= 11 is 0. The van der Waals surface area contributed by atoms with Crippen LogP contribution in [0, 0.1) is 0 Å². The summed E-state index contributed by atoms with van der Waals surface area (Å²) < 4.78 is 0. The van der Waals surface area contributed by atoms with Crippen molar-refractivity contribution in [2.24, 2.45) is 0 Å². The molecule has 0 aromatic heterocycles. The third kappa shape index (κ3) is 31.6. The third-order valence-corrected chi connectivity index (χ3v) is 1.17. The zero-order chi connectivity index (χ0) is 11.7. The molecule has 5 heteroatoms. The molecule has 0 aliphatic rings. The van der Waals surface area contributed by atoms with E-state index in [0.717, 1.165) is 0 Å². The molecule has 4 nitrogen and oxygen atoms in total. The van der Waals surface area contributed by atoms with Crippen LogP contribution in [0.3, 0.4) is 0 Å². The fourth-order valence-corrected chi connectivity index (χ4v) is 0.832. The minimum Gasteiger partial charge on any atom is -0.393 e. The van der Waals surface area contributed by atoms with Crippen LogP contribution in [0.1, 0.15) is 40.5 Å². The van der Waals surface area contributed by atoms with Gasteiger partial charge in [-0.05, 0) is 27.7 Å². The summed E-state index contributed by atoms with van der Waals surface area (Å²) in [6, 6.07) is 0. The average molecular weight is 263 g/mol. The predicted molar refractivity (Wildman–Crippen MR) is 54.0 cm³/mol. The van der Waals surface area contributed by atoms with Crippen molar-refractivity contribution in [1.29, 1.82) is 0 Å². The second-order valence-electron chi connectivity index (χ2n) is 3.51. The van der Waals surface area contributed by atoms with E-state index in [1.54, 1.807) is 13.8 Å². The Bertz CT molecular complexity index is 158. The van der Waals surface area contributed by atoms with Crippen molar-refractivity contribution in [1.82, 2.24) is 0 Å². The summed E-state index contributed by atoms with van der Waals surface area (Å²) in [6.45, 7) is 6.13. The number of rotatable bonds is 4. The van der Waals surface area contributed by atoms with E-state index in [4.69, 9.17) is 10.2 Å². The maximum Gasteiger partial charge on any atom is 0.132 e. The van der Waals surface area contributed by atoms with Gasteiger partial charge in [-0.3, -0.25) is 9.59 Å². The van der Waals surface area contributed by atoms with Crippen molar-refractivity contribution >= 4 is 11.6 Å². The number of hydrogen-bond donors (Lipinski definition) is 2. The summed E-state index contributed by atoms with van der Waals surface area (Å²) in [6.07, 6.45) is -0.394. The summed E-state index contributed by atoms with van der Waals surface area (Å²) in [5.41, 5.74) is 0. The first-order valence-electron chi connectivity index (χ1n) is 4.60. The van der Waals surface area contributed by atoms with Crippen LogP contribution >= 0.6 is 0 Å². The van der Waals surface area contributed by atoms with Gasteiger partial charge in [-0.2, -0.15) is 0 Å². The fraction of sp³-hybridized carbons (Fsp3) is 0.800. The molecule has 2 unspecified atom stereocenters. The third-order valence-electron chi connectivity index (χ3n) is 1.17. The molecule has 0 heterocycles. The van der Waals surface area contributed by atoms with Crippen LogP contribution in [0.4, 0.5) is 0 Å². The Labute approximate surface area is 101 Å². The van der Waals surface area contributed by atoms with Crippen LogP contribution in [0.5, 0.6) is 0 Å². The fourth-order valence-electron chi connectivity index (χ4n) is 0.832. The monoisotopic (exact) mass is 263 g/mol. The Hall–Kier alpha value is -0.234. The van der Waals surface area contributed by atoms with Gasteiger partial charge in [0, 0.05) is 29.6 Å². The SMILES string of the molecule is CC(=O)CC(C)O.CC(=O)CC(C)O.[Co]. The standard InChI is InChI=1S/2C5H10O2.Co/c2*1-4(6)3-5(2)7;/h2*4,6H,3H2,1-2H3;. The molecule has 0 bridgehead atoms. The van der Waals surface area contributed by atoms with Crippen molar-refractivity contribution < 1.29 is 36.6 Å². The molecule has 0 saturated heterocycles. The van der Waals surface area contributed by atoms with Crippen molar-refractivity contribution in [3.05, 3.63) is 0 Å². The van der Waals surface area contributed by atoms with Crippen molar-refractivity contribution in [3.63, 3.8) is 0 Å². The quantitative estimate of drug-likeness (QED) is 0.782. The van der Waals surface area contributed by atoms with Gasteiger partial charge in [0.1, 0.15) is 11.6 Å². The van der Waals surface area contributed by atoms with E-state index in [0.29, 0.717) is 0 Å². The molecular formula is C10H20CoO4. The van der Waals surface area contributed by atoms with Crippen molar-refractivity contribution in [3.8, 4) is 0 Å². The molecule has 0 aliphatic heterocycles. The summed E-state index contributed by atoms with van der Waals surface area (Å²) in [5.74, 6) is 0.0741. The molecule has 0 amide bonds. The molecule has 0 aromatic carbocycles. The number of carbonyl (C=O) groups is 2. The zero-order valence-corrected chi connectivity index (χ0v) is 10.7. The van der Waals surface area contributed by atoms with Gasteiger partial charge in [0.25, 0.3) is 0 Å². The normalized spacial score (nSPS) is 12.7. The topological polar surface area (TPSA) is 74.6 Å². The van der Waals surface area contributed by atoms with Crippen LogP contribution in [-0.4, -0.2) is 34.0 Å². The minimum atomic E-state index is -0.475. The first kappa shape index (κ1) is 20.2. The van der Waals surface area contributed by atoms with Gasteiger partial charge in [-0.1, -0.05) is 0 Å². The van der Waals surface area contributed by atoms with Crippen LogP contribution < -0.4 is 0 Å². The predicted octanol–water partition coefficient (Wildman–Crippen LogP) is 0.690. The van der Waals surface area contributed by atoms with Gasteiger partial charge in [0.05, 0.1) is 12.2 Å². The van der Waals surface area contributed by atoms with E-state index in [2.05, 4.69) is 0 Å². The van der Waals surface area contributed by atoms with E-state index in [9.17, 15) is 9.59 Å². The molecule has 0 fully saturated rings. The largest absolute Gasteiger partial charge is 0.393 e. The Morgan fingerprint density at radius 3 is 1.13 bits per heavy atom. The number of Topliss-reactive ketones (excluding diaryl/α,β-unsaturated/α-hetero) is 2. The Balaban J connectivity index is -0.000000180. The van der Waals surface area contributed by atoms with E-state index in [1.807, 2.05) is 0 Å². The number of aliphatic hydroxyl groups excluding tert-OH is 2. The van der Waals surface area contributed by atoms with E-state index < -0.39 is 12.2 Å². The van der Waals surface area contributed by atoms with Gasteiger partial charge in [0.2, 0.25) is 0 Å². The van der Waals surface area contributed by atoms with E-state index >= 15 is 0 Å². The van der Waals surface area contributed by atoms with E-state index in [1.165, 1.54) is 13.8 Å². The molecule has 93 valence electrons. The van der Waals surface area contributed by atoms with Crippen molar-refractivity contribution in [2.75, 3.05) is 0 Å². The Morgan fingerprint density at radius 2 is 1.13 bits per heavy atom. The number of aliphatic hydroxyl groups is 2. The second kappa shape index (κ2) is 11.8. The van der Waals surface area contributed by atoms with Crippen molar-refractivity contribution in [2.45, 2.75) is 52.7 Å². The smallest absolute Gasteiger partial charge is 0.132 e. The molecule has 2 atom stereocenters. The van der Waals surface area contributed by atoms with Gasteiger partial charge < -0.3 is 10.2 Å². The number of carbonyl (C=O) groups excluding carboxylic acids is 2. The Morgan fingerprint density at radius 1 is 0.933 bits per heavy atom. The first-order chi connectivity index (χ1) is 6.25. The molecule has 0 rings (SSSR count). The van der Waals surface area contributed by atoms with Crippen LogP contribution in [0.15, 0.2) is 0 Å². The molecule has 0 spiro atoms. The Kier molecular flexibility index (Phi) is 16.0. The maximum absolute atomic E-state index is 10.1. The van der Waals surface area contributed by atoms with Gasteiger partial charge in [0.15, 0.2) is 0 Å². The van der Waals surface area contributed by atoms with Gasteiger partial charge in [-0.15, -0.1) is 0 Å². The summed E-state index contributed by atoms with van der Waals surface area (Å²) in [7, 11) is 0. The molecule has 0 aromatic rings. The van der Waals surface area contributed by atoms with Crippen LogP contribution in [0.25, 0.3) is 0 Å². The molecular weight excluding hydrogens is 243 g/mol. The zero-order valence-electron chi connectivity index (χ0n) is 9.61. The van der Waals surface area contributed by atoms with Crippen LogP contribution in [-0.2, 0) is 26.4 Å². The second-order valence-corrected chi connectivity index (χ2v) is 3.51.